The second kappa shape index (κ2) is 14.1. The molecule has 6 atom stereocenters. The molecular formula is C27H54N2. The van der Waals surface area contributed by atoms with Crippen molar-refractivity contribution in [3.8, 4) is 0 Å². The summed E-state index contributed by atoms with van der Waals surface area (Å²) in [6.45, 7) is 7.10. The molecule has 2 nitrogen and oxygen atoms in total. The van der Waals surface area contributed by atoms with Crippen molar-refractivity contribution in [1.29, 1.82) is 0 Å². The van der Waals surface area contributed by atoms with Crippen LogP contribution in [0.4, 0.5) is 0 Å². The van der Waals surface area contributed by atoms with E-state index in [2.05, 4.69) is 20.8 Å². The van der Waals surface area contributed by atoms with E-state index < -0.39 is 0 Å². The fraction of sp³-hybridized carbons (Fsp3) is 1.00. The van der Waals surface area contributed by atoms with Crippen molar-refractivity contribution < 1.29 is 0 Å². The molecule has 0 heterocycles. The Morgan fingerprint density at radius 1 is 0.621 bits per heavy atom. The van der Waals surface area contributed by atoms with Crippen LogP contribution in [-0.2, 0) is 0 Å². The van der Waals surface area contributed by atoms with Crippen LogP contribution in [0.25, 0.3) is 0 Å². The molecule has 6 unspecified atom stereocenters. The predicted molar refractivity (Wildman–Crippen MR) is 129 cm³/mol. The standard InChI is InChI=1S/C27H54N2/c1-4-5-6-7-8-9-10-11-12-13-14-25(23-15-17-26(28)21(2)19-23)24-16-18-27(29)22(3)20-24/h21-27H,4-20,28-29H2,1-3H3. The molecule has 0 amide bonds. The van der Waals surface area contributed by atoms with Crippen LogP contribution >= 0.6 is 0 Å². The lowest BCUT2D eigenvalue weighted by molar-refractivity contribution is 0.0868. The zero-order valence-corrected chi connectivity index (χ0v) is 20.2. The highest BCUT2D eigenvalue weighted by Crippen LogP contribution is 2.44. The molecule has 2 rings (SSSR count). The van der Waals surface area contributed by atoms with Crippen molar-refractivity contribution in [2.24, 2.45) is 41.1 Å². The molecule has 0 aromatic heterocycles. The molecule has 29 heavy (non-hydrogen) atoms. The lowest BCUT2D eigenvalue weighted by Crippen LogP contribution is -2.41. The summed E-state index contributed by atoms with van der Waals surface area (Å²) in [7, 11) is 0. The number of hydrogen-bond acceptors (Lipinski definition) is 2. The molecule has 2 aliphatic rings. The summed E-state index contributed by atoms with van der Waals surface area (Å²) in [4.78, 5) is 0. The van der Waals surface area contributed by atoms with Gasteiger partial charge in [-0.2, -0.15) is 0 Å². The van der Waals surface area contributed by atoms with Crippen molar-refractivity contribution >= 4 is 0 Å². The van der Waals surface area contributed by atoms with Crippen molar-refractivity contribution in [2.45, 2.75) is 142 Å². The van der Waals surface area contributed by atoms with Crippen LogP contribution < -0.4 is 11.5 Å². The van der Waals surface area contributed by atoms with Gasteiger partial charge in [0.1, 0.15) is 0 Å². The summed E-state index contributed by atoms with van der Waals surface area (Å²) >= 11 is 0. The van der Waals surface area contributed by atoms with E-state index in [0.29, 0.717) is 23.9 Å². The largest absolute Gasteiger partial charge is 0.327 e. The van der Waals surface area contributed by atoms with Crippen LogP contribution in [0.5, 0.6) is 0 Å². The molecule has 0 aliphatic heterocycles. The smallest absolute Gasteiger partial charge is 0.00647 e. The number of rotatable bonds is 13. The van der Waals surface area contributed by atoms with Gasteiger partial charge in [-0.05, 0) is 74.5 Å². The Labute approximate surface area is 183 Å². The topological polar surface area (TPSA) is 52.0 Å². The van der Waals surface area contributed by atoms with E-state index in [1.54, 1.807) is 0 Å². The highest BCUT2D eigenvalue weighted by atomic mass is 14.7. The molecule has 0 saturated heterocycles. The molecular weight excluding hydrogens is 352 g/mol. The van der Waals surface area contributed by atoms with Crippen LogP contribution in [0.2, 0.25) is 0 Å². The van der Waals surface area contributed by atoms with Gasteiger partial charge in [0.05, 0.1) is 0 Å². The fourth-order valence-corrected chi connectivity index (χ4v) is 6.42. The maximum atomic E-state index is 6.35. The molecule has 0 spiro atoms. The van der Waals surface area contributed by atoms with E-state index in [-0.39, 0.29) is 0 Å². The highest BCUT2D eigenvalue weighted by molar-refractivity contribution is 4.90. The Bertz CT molecular complexity index is 383. The summed E-state index contributed by atoms with van der Waals surface area (Å²) in [5.74, 6) is 4.22. The van der Waals surface area contributed by atoms with Gasteiger partial charge in [-0.1, -0.05) is 85.0 Å². The number of unbranched alkanes of at least 4 members (excludes halogenated alkanes) is 9. The lowest BCUT2D eigenvalue weighted by Gasteiger charge is -2.43. The molecule has 0 radical (unpaired) electrons. The van der Waals surface area contributed by atoms with Gasteiger partial charge in [-0.3, -0.25) is 0 Å². The van der Waals surface area contributed by atoms with E-state index in [9.17, 15) is 0 Å². The first-order valence-electron chi connectivity index (χ1n) is 13.5. The second-order valence-corrected chi connectivity index (χ2v) is 11.1. The number of hydrogen-bond donors (Lipinski definition) is 2. The second-order valence-electron chi connectivity index (χ2n) is 11.1. The maximum absolute atomic E-state index is 6.35. The molecule has 0 aromatic rings. The highest BCUT2D eigenvalue weighted by Gasteiger charge is 2.37. The molecule has 2 fully saturated rings. The summed E-state index contributed by atoms with van der Waals surface area (Å²) in [5, 5.41) is 0. The minimum absolute atomic E-state index is 0.447. The Morgan fingerprint density at radius 3 is 1.45 bits per heavy atom. The zero-order chi connectivity index (χ0) is 21.1. The minimum atomic E-state index is 0.447. The van der Waals surface area contributed by atoms with E-state index in [1.807, 2.05) is 0 Å². The molecule has 0 bridgehead atoms. The molecule has 4 N–H and O–H groups in total. The van der Waals surface area contributed by atoms with Crippen LogP contribution in [0.1, 0.15) is 130 Å². The Hall–Kier alpha value is -0.0800. The van der Waals surface area contributed by atoms with Gasteiger partial charge in [0.25, 0.3) is 0 Å². The third-order valence-electron chi connectivity index (χ3n) is 8.65. The first kappa shape index (κ1) is 25.2. The van der Waals surface area contributed by atoms with Crippen LogP contribution in [0.3, 0.4) is 0 Å². The zero-order valence-electron chi connectivity index (χ0n) is 20.2. The van der Waals surface area contributed by atoms with Gasteiger partial charge in [0, 0.05) is 12.1 Å². The van der Waals surface area contributed by atoms with Gasteiger partial charge in [-0.25, -0.2) is 0 Å². The van der Waals surface area contributed by atoms with Crippen LogP contribution in [0.15, 0.2) is 0 Å². The minimum Gasteiger partial charge on any atom is -0.327 e. The molecule has 2 aliphatic carbocycles. The average Bonchev–Trinajstić information content (AvgIpc) is 2.71. The Balaban J connectivity index is 1.73. The summed E-state index contributed by atoms with van der Waals surface area (Å²) in [6, 6.07) is 0.894. The van der Waals surface area contributed by atoms with Gasteiger partial charge >= 0.3 is 0 Å². The summed E-state index contributed by atoms with van der Waals surface area (Å²) in [5.41, 5.74) is 12.7. The Kier molecular flexibility index (Phi) is 12.2. The van der Waals surface area contributed by atoms with E-state index in [4.69, 9.17) is 11.5 Å². The fourth-order valence-electron chi connectivity index (χ4n) is 6.42. The van der Waals surface area contributed by atoms with Crippen molar-refractivity contribution in [3.63, 3.8) is 0 Å². The van der Waals surface area contributed by atoms with Gasteiger partial charge in [0.15, 0.2) is 0 Å². The van der Waals surface area contributed by atoms with Gasteiger partial charge in [-0.15, -0.1) is 0 Å². The van der Waals surface area contributed by atoms with Crippen molar-refractivity contribution in [2.75, 3.05) is 0 Å². The third-order valence-corrected chi connectivity index (χ3v) is 8.65. The Morgan fingerprint density at radius 2 is 1.03 bits per heavy atom. The van der Waals surface area contributed by atoms with Crippen LogP contribution in [-0.4, -0.2) is 12.1 Å². The summed E-state index contributed by atoms with van der Waals surface area (Å²) in [6.07, 6.45) is 23.9. The van der Waals surface area contributed by atoms with E-state index in [0.717, 1.165) is 17.8 Å². The van der Waals surface area contributed by atoms with Crippen LogP contribution in [0, 0.1) is 29.6 Å². The quantitative estimate of drug-likeness (QED) is 0.312. The lowest BCUT2D eigenvalue weighted by atomic mass is 9.63. The molecule has 2 saturated carbocycles. The van der Waals surface area contributed by atoms with Gasteiger partial charge in [0.2, 0.25) is 0 Å². The normalized spacial score (nSPS) is 34.2. The van der Waals surface area contributed by atoms with Crippen molar-refractivity contribution in [1.82, 2.24) is 0 Å². The van der Waals surface area contributed by atoms with E-state index in [1.165, 1.54) is 109 Å². The average molecular weight is 407 g/mol. The number of nitrogens with two attached hydrogens (primary N) is 2. The first-order valence-corrected chi connectivity index (χ1v) is 13.5. The van der Waals surface area contributed by atoms with Crippen molar-refractivity contribution in [3.05, 3.63) is 0 Å². The summed E-state index contributed by atoms with van der Waals surface area (Å²) < 4.78 is 0. The van der Waals surface area contributed by atoms with E-state index >= 15 is 0 Å². The SMILES string of the molecule is CCCCCCCCCCCCC(C1CCC(N)C(C)C1)C1CCC(N)C(C)C1. The monoisotopic (exact) mass is 406 g/mol. The maximum Gasteiger partial charge on any atom is 0.00647 e. The predicted octanol–water partition coefficient (Wildman–Crippen LogP) is 7.44. The first-order chi connectivity index (χ1) is 14.0. The van der Waals surface area contributed by atoms with Gasteiger partial charge < -0.3 is 11.5 Å². The molecule has 2 heteroatoms. The third kappa shape index (κ3) is 8.90. The molecule has 0 aromatic carbocycles. The molecule has 172 valence electrons.